The fraction of sp³-hybridized carbons (Fsp3) is 0.417. The summed E-state index contributed by atoms with van der Waals surface area (Å²) in [4.78, 5) is 12.4. The van der Waals surface area contributed by atoms with Gasteiger partial charge < -0.3 is 15.6 Å². The Bertz CT molecular complexity index is 382. The first-order valence-corrected chi connectivity index (χ1v) is 6.48. The molecule has 0 saturated heterocycles. The number of thioether (sulfide) groups is 1. The number of ether oxygens (including phenoxy) is 1. The molecule has 0 aliphatic heterocycles. The maximum absolute atomic E-state index is 11.5. The van der Waals surface area contributed by atoms with E-state index in [0.29, 0.717) is 17.9 Å². The number of carbonyl (C=O) groups excluding carboxylic acids is 1. The van der Waals surface area contributed by atoms with Crippen molar-refractivity contribution < 1.29 is 14.6 Å². The molecular weight excluding hydrogens is 238 g/mol. The van der Waals surface area contributed by atoms with Gasteiger partial charge >= 0.3 is 5.97 Å². The Kier molecular flexibility index (Phi) is 5.86. The molecule has 0 aliphatic rings. The molecule has 0 heterocycles. The van der Waals surface area contributed by atoms with Gasteiger partial charge in [0.05, 0.1) is 12.2 Å². The van der Waals surface area contributed by atoms with Crippen molar-refractivity contribution in [1.82, 2.24) is 0 Å². The van der Waals surface area contributed by atoms with Crippen molar-refractivity contribution in [2.45, 2.75) is 18.2 Å². The molecule has 4 nitrogen and oxygen atoms in total. The second-order valence-corrected chi connectivity index (χ2v) is 4.54. The van der Waals surface area contributed by atoms with E-state index in [0.717, 1.165) is 17.1 Å². The minimum atomic E-state index is -0.355. The Labute approximate surface area is 105 Å². The van der Waals surface area contributed by atoms with Gasteiger partial charge in [-0.3, -0.25) is 0 Å². The summed E-state index contributed by atoms with van der Waals surface area (Å²) in [6.07, 6.45) is 0.726. The number of aliphatic hydroxyl groups is 1. The van der Waals surface area contributed by atoms with Gasteiger partial charge in [0.25, 0.3) is 0 Å². The number of hydrogen-bond donors (Lipinski definition) is 2. The first-order chi connectivity index (χ1) is 8.19. The molecule has 5 heteroatoms. The van der Waals surface area contributed by atoms with E-state index >= 15 is 0 Å². The van der Waals surface area contributed by atoms with Crippen molar-refractivity contribution >= 4 is 23.4 Å². The lowest BCUT2D eigenvalue weighted by Crippen LogP contribution is -2.05. The second-order valence-electron chi connectivity index (χ2n) is 3.40. The van der Waals surface area contributed by atoms with Crippen LogP contribution in [-0.2, 0) is 4.74 Å². The molecule has 0 amide bonds. The van der Waals surface area contributed by atoms with Crippen molar-refractivity contribution in [1.29, 1.82) is 0 Å². The van der Waals surface area contributed by atoms with Crippen LogP contribution in [0.1, 0.15) is 23.7 Å². The molecule has 0 atom stereocenters. The van der Waals surface area contributed by atoms with Gasteiger partial charge in [-0.2, -0.15) is 0 Å². The van der Waals surface area contributed by atoms with Gasteiger partial charge in [0.15, 0.2) is 0 Å². The van der Waals surface area contributed by atoms with Crippen molar-refractivity contribution in [2.75, 3.05) is 24.7 Å². The molecule has 0 aliphatic carbocycles. The first-order valence-electron chi connectivity index (χ1n) is 5.49. The number of esters is 1. The van der Waals surface area contributed by atoms with E-state index in [9.17, 15) is 4.79 Å². The van der Waals surface area contributed by atoms with E-state index in [4.69, 9.17) is 15.6 Å². The normalized spacial score (nSPS) is 10.2. The van der Waals surface area contributed by atoms with Gasteiger partial charge in [0.2, 0.25) is 0 Å². The monoisotopic (exact) mass is 255 g/mol. The van der Waals surface area contributed by atoms with Gasteiger partial charge in [-0.15, -0.1) is 11.8 Å². The molecule has 1 aromatic rings. The second kappa shape index (κ2) is 7.19. The van der Waals surface area contributed by atoms with Crippen LogP contribution >= 0.6 is 11.8 Å². The number of nitrogens with two attached hydrogens (primary N) is 1. The summed E-state index contributed by atoms with van der Waals surface area (Å²) in [6, 6.07) is 5.14. The van der Waals surface area contributed by atoms with Crippen LogP contribution in [0.5, 0.6) is 0 Å². The third kappa shape index (κ3) is 4.28. The average molecular weight is 255 g/mol. The molecule has 0 saturated carbocycles. The van der Waals surface area contributed by atoms with E-state index in [1.165, 1.54) is 0 Å². The van der Waals surface area contributed by atoms with E-state index in [1.54, 1.807) is 30.8 Å². The molecule has 1 rings (SSSR count). The minimum absolute atomic E-state index is 0.174. The highest BCUT2D eigenvalue weighted by Crippen LogP contribution is 2.26. The Morgan fingerprint density at radius 3 is 2.88 bits per heavy atom. The summed E-state index contributed by atoms with van der Waals surface area (Å²) in [5, 5.41) is 8.68. The number of benzene rings is 1. The lowest BCUT2D eigenvalue weighted by Gasteiger charge is -2.07. The van der Waals surface area contributed by atoms with Crippen molar-refractivity contribution in [3.8, 4) is 0 Å². The molecule has 0 bridgehead atoms. The van der Waals surface area contributed by atoms with Crippen molar-refractivity contribution in [3.63, 3.8) is 0 Å². The van der Waals surface area contributed by atoms with Crippen LogP contribution in [0.15, 0.2) is 23.1 Å². The zero-order valence-corrected chi connectivity index (χ0v) is 10.6. The smallest absolute Gasteiger partial charge is 0.338 e. The zero-order valence-electron chi connectivity index (χ0n) is 9.81. The van der Waals surface area contributed by atoms with E-state index in [1.807, 2.05) is 6.07 Å². The Hall–Kier alpha value is -1.20. The summed E-state index contributed by atoms with van der Waals surface area (Å²) >= 11 is 1.57. The van der Waals surface area contributed by atoms with Gasteiger partial charge in [-0.1, -0.05) is 0 Å². The van der Waals surface area contributed by atoms with Gasteiger partial charge in [0, 0.05) is 22.9 Å². The Balaban J connectivity index is 2.68. The number of nitrogen functional groups attached to an aromatic ring is 1. The van der Waals surface area contributed by atoms with Gasteiger partial charge in [-0.05, 0) is 31.5 Å². The molecule has 1 aromatic carbocycles. The number of carbonyl (C=O) groups is 1. The standard InChI is InChI=1S/C12H17NO3S/c1-2-16-12(15)9-4-5-11(10(13)8-9)17-7-3-6-14/h4-5,8,14H,2-3,6-7,13H2,1H3. The molecule has 0 spiro atoms. The molecule has 0 unspecified atom stereocenters. The van der Waals surface area contributed by atoms with Crippen molar-refractivity contribution in [3.05, 3.63) is 23.8 Å². The third-order valence-corrected chi connectivity index (χ3v) is 3.26. The summed E-state index contributed by atoms with van der Waals surface area (Å²) < 4.78 is 4.89. The predicted octanol–water partition coefficient (Wildman–Crippen LogP) is 1.92. The SMILES string of the molecule is CCOC(=O)c1ccc(SCCCO)c(N)c1. The highest BCUT2D eigenvalue weighted by atomic mass is 32.2. The van der Waals surface area contributed by atoms with E-state index in [-0.39, 0.29) is 12.6 Å². The molecule has 0 fully saturated rings. The van der Waals surface area contributed by atoms with Crippen LogP contribution in [0.25, 0.3) is 0 Å². The predicted molar refractivity (Wildman–Crippen MR) is 69.2 cm³/mol. The van der Waals surface area contributed by atoms with E-state index < -0.39 is 0 Å². The number of hydrogen-bond acceptors (Lipinski definition) is 5. The zero-order chi connectivity index (χ0) is 12.7. The average Bonchev–Trinajstić information content (AvgIpc) is 2.31. The van der Waals surface area contributed by atoms with Crippen LogP contribution < -0.4 is 5.73 Å². The number of aliphatic hydroxyl groups excluding tert-OH is 1. The van der Waals surface area contributed by atoms with Crippen LogP contribution in [0.2, 0.25) is 0 Å². The highest BCUT2D eigenvalue weighted by Gasteiger charge is 2.08. The molecule has 0 aromatic heterocycles. The Morgan fingerprint density at radius 1 is 1.53 bits per heavy atom. The molecule has 0 radical (unpaired) electrons. The van der Waals surface area contributed by atoms with Gasteiger partial charge in [0.1, 0.15) is 0 Å². The quantitative estimate of drug-likeness (QED) is 0.351. The van der Waals surface area contributed by atoms with Gasteiger partial charge in [-0.25, -0.2) is 4.79 Å². The number of anilines is 1. The third-order valence-electron chi connectivity index (χ3n) is 2.08. The molecule has 94 valence electrons. The largest absolute Gasteiger partial charge is 0.462 e. The molecule has 3 N–H and O–H groups in total. The fourth-order valence-electron chi connectivity index (χ4n) is 1.27. The van der Waals surface area contributed by atoms with Crippen LogP contribution in [-0.4, -0.2) is 30.0 Å². The highest BCUT2D eigenvalue weighted by molar-refractivity contribution is 7.99. The van der Waals surface area contributed by atoms with Crippen LogP contribution in [0.3, 0.4) is 0 Å². The summed E-state index contributed by atoms with van der Waals surface area (Å²) in [7, 11) is 0. The summed E-state index contributed by atoms with van der Waals surface area (Å²) in [5.41, 5.74) is 6.88. The summed E-state index contributed by atoms with van der Waals surface area (Å²) in [6.45, 7) is 2.29. The Morgan fingerprint density at radius 2 is 2.29 bits per heavy atom. The lowest BCUT2D eigenvalue weighted by molar-refractivity contribution is 0.0526. The van der Waals surface area contributed by atoms with E-state index in [2.05, 4.69) is 0 Å². The number of rotatable bonds is 6. The maximum Gasteiger partial charge on any atom is 0.338 e. The minimum Gasteiger partial charge on any atom is -0.462 e. The lowest BCUT2D eigenvalue weighted by atomic mass is 10.2. The maximum atomic E-state index is 11.5. The topological polar surface area (TPSA) is 72.5 Å². The van der Waals surface area contributed by atoms with Crippen LogP contribution in [0, 0.1) is 0 Å². The first kappa shape index (κ1) is 13.9. The molecular formula is C12H17NO3S. The molecule has 17 heavy (non-hydrogen) atoms. The fourth-order valence-corrected chi connectivity index (χ4v) is 2.15. The van der Waals surface area contributed by atoms with Crippen LogP contribution in [0.4, 0.5) is 5.69 Å². The van der Waals surface area contributed by atoms with Crippen molar-refractivity contribution in [2.24, 2.45) is 0 Å². The summed E-state index contributed by atoms with van der Waals surface area (Å²) in [5.74, 6) is 0.450.